The van der Waals surface area contributed by atoms with Crippen molar-refractivity contribution in [3.05, 3.63) is 58.5 Å². The molecule has 0 saturated heterocycles. The molecule has 0 aliphatic rings. The minimum atomic E-state index is -5.22. The first kappa shape index (κ1) is 25.6. The number of rotatable bonds is 8. The maximum Gasteiger partial charge on any atom is 0.491 e. The lowest BCUT2D eigenvalue weighted by Gasteiger charge is -2.21. The summed E-state index contributed by atoms with van der Waals surface area (Å²) in [6, 6.07) is 11.8. The zero-order chi connectivity index (χ0) is 25.0. The van der Waals surface area contributed by atoms with E-state index in [-0.39, 0.29) is 16.5 Å². The second kappa shape index (κ2) is 10.5. The number of fused-ring (bicyclic) bond motifs is 1. The largest absolute Gasteiger partial charge is 0.493 e. The van der Waals surface area contributed by atoms with Crippen LogP contribution < -0.4 is 15.0 Å². The Morgan fingerprint density at radius 1 is 1.12 bits per heavy atom. The molecule has 1 aromatic heterocycles. The van der Waals surface area contributed by atoms with Crippen LogP contribution in [0.4, 0.5) is 13.2 Å². The van der Waals surface area contributed by atoms with Gasteiger partial charge in [-0.25, -0.2) is 4.79 Å². The normalized spacial score (nSPS) is 11.8. The van der Waals surface area contributed by atoms with Crippen molar-refractivity contribution in [3.63, 3.8) is 0 Å². The molecular formula is C24H25F3N2O4S. The van der Waals surface area contributed by atoms with E-state index in [1.807, 2.05) is 25.1 Å². The van der Waals surface area contributed by atoms with E-state index in [2.05, 4.69) is 0 Å². The minimum Gasteiger partial charge on any atom is -0.493 e. The van der Waals surface area contributed by atoms with Gasteiger partial charge in [0.1, 0.15) is 0 Å². The Morgan fingerprint density at radius 3 is 2.38 bits per heavy atom. The summed E-state index contributed by atoms with van der Waals surface area (Å²) in [5.74, 6) is -1.70. The number of hydrogen-bond acceptors (Lipinski definition) is 6. The van der Waals surface area contributed by atoms with E-state index in [4.69, 9.17) is 9.47 Å². The highest BCUT2D eigenvalue weighted by molar-refractivity contribution is 7.98. The molecule has 0 spiro atoms. The summed E-state index contributed by atoms with van der Waals surface area (Å²) < 4.78 is 50.9. The summed E-state index contributed by atoms with van der Waals surface area (Å²) in [5.41, 5.74) is 1.37. The molecule has 0 fully saturated rings. The van der Waals surface area contributed by atoms with Crippen molar-refractivity contribution in [1.29, 1.82) is 0 Å². The fraction of sp³-hybridized carbons (Fsp3) is 0.333. The summed E-state index contributed by atoms with van der Waals surface area (Å²) in [6.45, 7) is 0.815. The van der Waals surface area contributed by atoms with E-state index < -0.39 is 23.5 Å². The van der Waals surface area contributed by atoms with Gasteiger partial charge in [-0.3, -0.25) is 4.79 Å². The van der Waals surface area contributed by atoms with Crippen LogP contribution >= 0.6 is 11.8 Å². The topological polar surface area (TPSA) is 60.8 Å². The lowest BCUT2D eigenvalue weighted by atomic mass is 9.96. The molecule has 0 aliphatic carbocycles. The molecule has 6 nitrogen and oxygen atoms in total. The van der Waals surface area contributed by atoms with Crippen molar-refractivity contribution < 1.29 is 27.4 Å². The van der Waals surface area contributed by atoms with Gasteiger partial charge in [0.15, 0.2) is 11.5 Å². The highest BCUT2D eigenvalue weighted by atomic mass is 32.2. The zero-order valence-corrected chi connectivity index (χ0v) is 20.0. The molecular weight excluding hydrogens is 469 g/mol. The van der Waals surface area contributed by atoms with Crippen molar-refractivity contribution in [2.45, 2.75) is 11.9 Å². The van der Waals surface area contributed by atoms with Gasteiger partial charge in [-0.2, -0.15) is 24.9 Å². The molecule has 34 heavy (non-hydrogen) atoms. The standard InChI is InChI=1S/C24H25F3N2O4S/c1-28(2)12-13-34-14-17-19(15-8-6-5-7-9-15)20-16(22(30)29(17)3)10-11-18(32-4)21(20)33-23(31)24(25,26)27/h5-11H,12-14H2,1-4H3. The number of methoxy groups -OCH3 is 1. The van der Waals surface area contributed by atoms with Gasteiger partial charge < -0.3 is 18.9 Å². The predicted molar refractivity (Wildman–Crippen MR) is 128 cm³/mol. The van der Waals surface area contributed by atoms with Gasteiger partial charge in [-0.05, 0) is 31.8 Å². The van der Waals surface area contributed by atoms with Crippen molar-refractivity contribution >= 4 is 28.5 Å². The Labute approximate surface area is 199 Å². The molecule has 2 aromatic carbocycles. The number of carbonyl (C=O) groups excluding carboxylic acids is 1. The summed E-state index contributed by atoms with van der Waals surface area (Å²) in [6.07, 6.45) is -5.22. The lowest BCUT2D eigenvalue weighted by molar-refractivity contribution is -0.189. The minimum absolute atomic E-state index is 0.0817. The summed E-state index contributed by atoms with van der Waals surface area (Å²) in [7, 11) is 6.79. The van der Waals surface area contributed by atoms with Crippen LogP contribution in [0.15, 0.2) is 47.3 Å². The highest BCUT2D eigenvalue weighted by Gasteiger charge is 2.42. The van der Waals surface area contributed by atoms with E-state index >= 15 is 0 Å². The van der Waals surface area contributed by atoms with Gasteiger partial charge in [0.2, 0.25) is 0 Å². The fourth-order valence-corrected chi connectivity index (χ4v) is 4.69. The number of benzene rings is 2. The number of alkyl halides is 3. The molecule has 0 unspecified atom stereocenters. The molecule has 0 N–H and O–H groups in total. The number of hydrogen-bond donors (Lipinski definition) is 0. The molecule has 3 rings (SSSR count). The van der Waals surface area contributed by atoms with Crippen molar-refractivity contribution in [2.75, 3.05) is 33.5 Å². The van der Waals surface area contributed by atoms with E-state index in [0.717, 1.165) is 12.3 Å². The van der Waals surface area contributed by atoms with E-state index in [9.17, 15) is 22.8 Å². The van der Waals surface area contributed by atoms with Crippen molar-refractivity contribution in [1.82, 2.24) is 9.47 Å². The number of aromatic nitrogens is 1. The molecule has 0 amide bonds. The number of halogens is 3. The van der Waals surface area contributed by atoms with Gasteiger partial charge in [0, 0.05) is 41.7 Å². The Bertz CT molecular complexity index is 1240. The number of pyridine rings is 1. The number of ether oxygens (including phenoxy) is 2. The first-order chi connectivity index (χ1) is 16.1. The lowest BCUT2D eigenvalue weighted by Crippen LogP contribution is -2.28. The third-order valence-electron chi connectivity index (χ3n) is 5.23. The summed E-state index contributed by atoms with van der Waals surface area (Å²) in [4.78, 5) is 27.1. The average molecular weight is 495 g/mol. The third kappa shape index (κ3) is 5.39. The van der Waals surface area contributed by atoms with Gasteiger partial charge in [-0.1, -0.05) is 30.3 Å². The Morgan fingerprint density at radius 2 is 1.79 bits per heavy atom. The maximum atomic E-state index is 13.3. The van der Waals surface area contributed by atoms with Crippen LogP contribution in [0.1, 0.15) is 5.69 Å². The monoisotopic (exact) mass is 494 g/mol. The molecule has 0 bridgehead atoms. The van der Waals surface area contributed by atoms with Crippen LogP contribution in [0.25, 0.3) is 21.9 Å². The molecule has 182 valence electrons. The zero-order valence-electron chi connectivity index (χ0n) is 19.2. The quantitative estimate of drug-likeness (QED) is 0.262. The second-order valence-electron chi connectivity index (χ2n) is 7.81. The van der Waals surface area contributed by atoms with E-state index in [0.29, 0.717) is 22.6 Å². The Balaban J connectivity index is 2.35. The first-order valence-electron chi connectivity index (χ1n) is 10.4. The third-order valence-corrected chi connectivity index (χ3v) is 6.18. The van der Waals surface area contributed by atoms with E-state index in [1.54, 1.807) is 43.1 Å². The SMILES string of the molecule is COc1ccc2c(=O)n(C)c(CSCCN(C)C)c(-c3ccccc3)c2c1OC(=O)C(F)(F)F. The number of thioether (sulfide) groups is 1. The Hall–Kier alpha value is -2.98. The average Bonchev–Trinajstić information content (AvgIpc) is 2.79. The highest BCUT2D eigenvalue weighted by Crippen LogP contribution is 2.43. The van der Waals surface area contributed by atoms with Gasteiger partial charge >= 0.3 is 12.1 Å². The smallest absolute Gasteiger partial charge is 0.491 e. The number of nitrogens with zero attached hydrogens (tertiary/aromatic N) is 2. The molecule has 1 heterocycles. The van der Waals surface area contributed by atoms with Crippen LogP contribution in [0.2, 0.25) is 0 Å². The van der Waals surface area contributed by atoms with Gasteiger partial charge in [0.25, 0.3) is 5.56 Å². The number of esters is 1. The summed E-state index contributed by atoms with van der Waals surface area (Å²) in [5, 5.41) is 0.226. The van der Waals surface area contributed by atoms with Crippen molar-refractivity contribution in [2.24, 2.45) is 7.05 Å². The van der Waals surface area contributed by atoms with E-state index in [1.165, 1.54) is 23.8 Å². The second-order valence-corrected chi connectivity index (χ2v) is 8.92. The molecule has 0 radical (unpaired) electrons. The maximum absolute atomic E-state index is 13.3. The van der Waals surface area contributed by atoms with Gasteiger partial charge in [-0.15, -0.1) is 0 Å². The predicted octanol–water partition coefficient (Wildman–Crippen LogP) is 4.48. The summed E-state index contributed by atoms with van der Waals surface area (Å²) >= 11 is 1.59. The van der Waals surface area contributed by atoms with Crippen LogP contribution in [0.5, 0.6) is 11.5 Å². The first-order valence-corrected chi connectivity index (χ1v) is 11.5. The number of carbonyl (C=O) groups is 1. The molecule has 3 aromatic rings. The molecule has 10 heteroatoms. The molecule has 0 aliphatic heterocycles. The van der Waals surface area contributed by atoms with Gasteiger partial charge in [0.05, 0.1) is 12.5 Å². The van der Waals surface area contributed by atoms with Crippen LogP contribution in [-0.4, -0.2) is 55.1 Å². The van der Waals surface area contributed by atoms with Crippen molar-refractivity contribution in [3.8, 4) is 22.6 Å². The fourth-order valence-electron chi connectivity index (χ4n) is 3.52. The molecule has 0 saturated carbocycles. The van der Waals surface area contributed by atoms with Crippen LogP contribution in [-0.2, 0) is 17.6 Å². The molecule has 0 atom stereocenters. The van der Waals surface area contributed by atoms with Crippen LogP contribution in [0, 0.1) is 0 Å². The van der Waals surface area contributed by atoms with Crippen LogP contribution in [0.3, 0.4) is 0 Å². The Kier molecular flexibility index (Phi) is 7.93.